The molecule has 0 radical (unpaired) electrons. The van der Waals surface area contributed by atoms with Crippen LogP contribution in [0.5, 0.6) is 0 Å². The van der Waals surface area contributed by atoms with Crippen molar-refractivity contribution in [3.63, 3.8) is 0 Å². The highest BCUT2D eigenvalue weighted by Gasteiger charge is 2.15. The molecule has 0 aliphatic rings. The van der Waals surface area contributed by atoms with Gasteiger partial charge in [-0.15, -0.1) is 0 Å². The zero-order valence-electron chi connectivity index (χ0n) is 12.9. The third-order valence-corrected chi connectivity index (χ3v) is 2.43. The van der Waals surface area contributed by atoms with Crippen molar-refractivity contribution in [3.05, 3.63) is 72.6 Å². The Balaban J connectivity index is 4.97. The molecule has 0 aromatic rings. The molecule has 0 amide bonds. The zero-order chi connectivity index (χ0) is 17.3. The summed E-state index contributed by atoms with van der Waals surface area (Å²) in [6, 6.07) is 0. The molecule has 0 saturated carbocycles. The predicted molar refractivity (Wildman–Crippen MR) is 83.2 cm³/mol. The van der Waals surface area contributed by atoms with E-state index in [1.165, 1.54) is 12.2 Å². The van der Waals surface area contributed by atoms with Gasteiger partial charge < -0.3 is 9.47 Å². The van der Waals surface area contributed by atoms with E-state index in [1.807, 2.05) is 0 Å². The summed E-state index contributed by atoms with van der Waals surface area (Å²) in [7, 11) is 0. The lowest BCUT2D eigenvalue weighted by atomic mass is 10.1. The fourth-order valence-electron chi connectivity index (χ4n) is 1.23. The number of ether oxygens (including phenoxy) is 2. The third-order valence-electron chi connectivity index (χ3n) is 2.43. The second kappa shape index (κ2) is 9.50. The molecule has 0 aromatic heterocycles. The van der Waals surface area contributed by atoms with E-state index < -0.39 is 23.4 Å². The van der Waals surface area contributed by atoms with Crippen molar-refractivity contribution >= 4 is 5.97 Å². The molecule has 22 heavy (non-hydrogen) atoms. The van der Waals surface area contributed by atoms with Crippen molar-refractivity contribution in [1.82, 2.24) is 0 Å². The summed E-state index contributed by atoms with van der Waals surface area (Å²) in [5, 5.41) is 0. The molecule has 0 N–H and O–H groups in total. The summed E-state index contributed by atoms with van der Waals surface area (Å²) < 4.78 is 37.1. The van der Waals surface area contributed by atoms with Gasteiger partial charge in [-0.25, -0.2) is 9.18 Å². The van der Waals surface area contributed by atoms with Gasteiger partial charge in [-0.3, -0.25) is 0 Å². The summed E-state index contributed by atoms with van der Waals surface area (Å²) in [4.78, 5) is 11.3. The van der Waals surface area contributed by atoms with E-state index >= 15 is 0 Å². The normalized spacial score (nSPS) is 11.6. The van der Waals surface area contributed by atoms with Crippen LogP contribution in [0.2, 0.25) is 0 Å². The summed E-state index contributed by atoms with van der Waals surface area (Å²) in [5.74, 6) is -3.50. The molecule has 0 spiro atoms. The van der Waals surface area contributed by atoms with Crippen LogP contribution < -0.4 is 0 Å². The van der Waals surface area contributed by atoms with Crippen molar-refractivity contribution in [3.8, 4) is 0 Å². The lowest BCUT2D eigenvalue weighted by molar-refractivity contribution is -0.138. The van der Waals surface area contributed by atoms with E-state index in [-0.39, 0.29) is 29.9 Å². The number of allylic oxidation sites excluding steroid dienone is 5. The Morgan fingerprint density at radius 1 is 0.909 bits per heavy atom. The first-order valence-corrected chi connectivity index (χ1v) is 6.56. The monoisotopic (exact) mass is 310 g/mol. The lowest BCUT2D eigenvalue weighted by Gasteiger charge is -2.08. The second-order valence-electron chi connectivity index (χ2n) is 4.07. The van der Waals surface area contributed by atoms with Crippen molar-refractivity contribution in [2.75, 3.05) is 13.2 Å². The Bertz CT molecular complexity index is 554. The molecule has 0 atom stereocenters. The van der Waals surface area contributed by atoms with E-state index in [1.54, 1.807) is 13.8 Å². The highest BCUT2D eigenvalue weighted by atomic mass is 19.2. The molecule has 0 fully saturated rings. The predicted octanol–water partition coefficient (Wildman–Crippen LogP) is 4.48. The number of hydrogen-bond acceptors (Lipinski definition) is 3. The molecule has 120 valence electrons. The van der Waals surface area contributed by atoms with Crippen LogP contribution in [0.3, 0.4) is 0 Å². The van der Waals surface area contributed by atoms with Gasteiger partial charge in [0.1, 0.15) is 0 Å². The minimum absolute atomic E-state index is 0.0550. The van der Waals surface area contributed by atoms with Crippen LogP contribution in [0.1, 0.15) is 13.8 Å². The molecular formula is C17H20F2O3. The van der Waals surface area contributed by atoms with Crippen LogP contribution in [-0.2, 0) is 14.3 Å². The van der Waals surface area contributed by atoms with E-state index in [0.717, 1.165) is 0 Å². The number of rotatable bonds is 9. The molecule has 0 saturated heterocycles. The summed E-state index contributed by atoms with van der Waals surface area (Å²) in [6.07, 6.45) is 2.58. The Morgan fingerprint density at radius 3 is 1.91 bits per heavy atom. The highest BCUT2D eigenvalue weighted by molar-refractivity contribution is 5.90. The van der Waals surface area contributed by atoms with Gasteiger partial charge in [-0.1, -0.05) is 32.4 Å². The molecule has 0 heterocycles. The lowest BCUT2D eigenvalue weighted by Crippen LogP contribution is -2.04. The third kappa shape index (κ3) is 5.91. The SMILES string of the molecule is C=C(/C=C\C(=C)C(=O)OCC)C(=C)/C(F)=C(/F)C(=C)OCC. The Morgan fingerprint density at radius 2 is 1.41 bits per heavy atom. The zero-order valence-corrected chi connectivity index (χ0v) is 12.9. The van der Waals surface area contributed by atoms with Gasteiger partial charge in [-0.05, 0) is 25.5 Å². The van der Waals surface area contributed by atoms with Crippen LogP contribution in [0.15, 0.2) is 72.6 Å². The van der Waals surface area contributed by atoms with E-state index in [4.69, 9.17) is 9.47 Å². The quantitative estimate of drug-likeness (QED) is 0.273. The fraction of sp³-hybridized carbons (Fsp3) is 0.235. The van der Waals surface area contributed by atoms with Crippen LogP contribution in [0, 0.1) is 0 Å². The van der Waals surface area contributed by atoms with Crippen LogP contribution in [-0.4, -0.2) is 19.2 Å². The van der Waals surface area contributed by atoms with Gasteiger partial charge in [0.05, 0.1) is 18.8 Å². The minimum atomic E-state index is -1.24. The van der Waals surface area contributed by atoms with Gasteiger partial charge in [0.25, 0.3) is 0 Å². The van der Waals surface area contributed by atoms with Crippen molar-refractivity contribution in [2.24, 2.45) is 0 Å². The number of hydrogen-bond donors (Lipinski definition) is 0. The molecule has 5 heteroatoms. The number of carbonyl (C=O) groups excluding carboxylic acids is 1. The molecule has 0 rings (SSSR count). The molecule has 0 aliphatic heterocycles. The maximum Gasteiger partial charge on any atom is 0.337 e. The molecule has 0 aromatic carbocycles. The molecule has 0 unspecified atom stereocenters. The van der Waals surface area contributed by atoms with Crippen molar-refractivity contribution in [2.45, 2.75) is 13.8 Å². The van der Waals surface area contributed by atoms with Gasteiger partial charge in [0, 0.05) is 5.57 Å². The largest absolute Gasteiger partial charge is 0.491 e. The topological polar surface area (TPSA) is 35.5 Å². The van der Waals surface area contributed by atoms with E-state index in [0.29, 0.717) is 0 Å². The van der Waals surface area contributed by atoms with Crippen LogP contribution in [0.4, 0.5) is 8.78 Å². The van der Waals surface area contributed by atoms with Crippen LogP contribution >= 0.6 is 0 Å². The average Bonchev–Trinajstić information content (AvgIpc) is 2.50. The van der Waals surface area contributed by atoms with Crippen molar-refractivity contribution < 1.29 is 23.0 Å². The minimum Gasteiger partial charge on any atom is -0.491 e. The van der Waals surface area contributed by atoms with Gasteiger partial charge in [-0.2, -0.15) is 4.39 Å². The molecule has 0 bridgehead atoms. The van der Waals surface area contributed by atoms with Crippen LogP contribution in [0.25, 0.3) is 0 Å². The number of carbonyl (C=O) groups is 1. The standard InChI is InChI=1S/C17H20F2O3/c1-7-21-14(6)16(19)15(18)13(5)11(3)9-10-12(4)17(20)22-8-2/h9-10H,3-8H2,1-2H3/b10-9-,16-15-. The Kier molecular flexibility index (Phi) is 8.45. The van der Waals surface area contributed by atoms with Gasteiger partial charge in [0.2, 0.25) is 5.83 Å². The Labute approximate surface area is 129 Å². The molecular weight excluding hydrogens is 290 g/mol. The number of esters is 1. The second-order valence-corrected chi connectivity index (χ2v) is 4.07. The summed E-state index contributed by atoms with van der Waals surface area (Å²) in [5.41, 5.74) is -0.159. The smallest absolute Gasteiger partial charge is 0.337 e. The summed E-state index contributed by atoms with van der Waals surface area (Å²) in [6.45, 7) is 17.4. The maximum atomic E-state index is 13.9. The number of halogens is 2. The van der Waals surface area contributed by atoms with Crippen molar-refractivity contribution in [1.29, 1.82) is 0 Å². The van der Waals surface area contributed by atoms with Gasteiger partial charge in [0.15, 0.2) is 11.6 Å². The Hall–Kier alpha value is -2.43. The first-order chi connectivity index (χ1) is 10.3. The molecule has 3 nitrogen and oxygen atoms in total. The van der Waals surface area contributed by atoms with E-state index in [2.05, 4.69) is 26.3 Å². The average molecular weight is 310 g/mol. The first-order valence-electron chi connectivity index (χ1n) is 6.56. The maximum absolute atomic E-state index is 13.9. The first kappa shape index (κ1) is 19.6. The molecule has 0 aliphatic carbocycles. The van der Waals surface area contributed by atoms with E-state index in [9.17, 15) is 13.6 Å². The fourth-order valence-corrected chi connectivity index (χ4v) is 1.23. The summed E-state index contributed by atoms with van der Waals surface area (Å²) >= 11 is 0. The highest BCUT2D eigenvalue weighted by Crippen LogP contribution is 2.26. The van der Waals surface area contributed by atoms with Gasteiger partial charge >= 0.3 is 5.97 Å².